The van der Waals surface area contributed by atoms with Crippen molar-refractivity contribution in [3.63, 3.8) is 0 Å². The summed E-state index contributed by atoms with van der Waals surface area (Å²) in [5.74, 6) is 3.75. The molecule has 0 saturated heterocycles. The van der Waals surface area contributed by atoms with Crippen molar-refractivity contribution in [2.45, 2.75) is 132 Å². The summed E-state index contributed by atoms with van der Waals surface area (Å²) in [5.41, 5.74) is 5.46. The Morgan fingerprint density at radius 1 is 0.879 bits per heavy atom. The number of rotatable bonds is 13. The lowest BCUT2D eigenvalue weighted by atomic mass is 9.82. The lowest BCUT2D eigenvalue weighted by Crippen LogP contribution is -2.37. The Kier molecular flexibility index (Phi) is 10.4. The van der Waals surface area contributed by atoms with E-state index in [1.54, 1.807) is 0 Å². The van der Waals surface area contributed by atoms with E-state index in [9.17, 15) is 5.11 Å². The molecule has 3 atom stereocenters. The third-order valence-electron chi connectivity index (χ3n) is 8.20. The van der Waals surface area contributed by atoms with Crippen molar-refractivity contribution < 1.29 is 9.84 Å². The van der Waals surface area contributed by atoms with E-state index in [0.29, 0.717) is 0 Å². The average molecular weight is 457 g/mol. The van der Waals surface area contributed by atoms with E-state index in [1.165, 1.54) is 56.9 Å². The van der Waals surface area contributed by atoms with Crippen molar-refractivity contribution in [1.82, 2.24) is 0 Å². The van der Waals surface area contributed by atoms with Gasteiger partial charge >= 0.3 is 0 Å². The van der Waals surface area contributed by atoms with Gasteiger partial charge < -0.3 is 9.84 Å². The van der Waals surface area contributed by atoms with Crippen LogP contribution in [0.15, 0.2) is 6.58 Å². The van der Waals surface area contributed by atoms with Crippen LogP contribution in [0.3, 0.4) is 0 Å². The Morgan fingerprint density at radius 3 is 1.97 bits per heavy atom. The van der Waals surface area contributed by atoms with Crippen LogP contribution < -0.4 is 4.74 Å². The average Bonchev–Trinajstić information content (AvgIpc) is 2.71. The van der Waals surface area contributed by atoms with E-state index in [4.69, 9.17) is 4.74 Å². The first-order chi connectivity index (χ1) is 15.4. The summed E-state index contributed by atoms with van der Waals surface area (Å²) in [5, 5.41) is 10.1. The fourth-order valence-electron chi connectivity index (χ4n) is 5.72. The summed E-state index contributed by atoms with van der Waals surface area (Å²) in [6.07, 6.45) is 14.0. The summed E-state index contributed by atoms with van der Waals surface area (Å²) in [6.45, 7) is 21.9. The second-order valence-electron chi connectivity index (χ2n) is 11.9. The first kappa shape index (κ1) is 27.8. The van der Waals surface area contributed by atoms with Gasteiger partial charge in [0.15, 0.2) is 0 Å². The highest BCUT2D eigenvalue weighted by Crippen LogP contribution is 2.43. The van der Waals surface area contributed by atoms with Gasteiger partial charge in [0.1, 0.15) is 17.1 Å². The van der Waals surface area contributed by atoms with E-state index >= 15 is 0 Å². The zero-order chi connectivity index (χ0) is 24.8. The fourth-order valence-corrected chi connectivity index (χ4v) is 5.72. The maximum Gasteiger partial charge on any atom is 0.126 e. The van der Waals surface area contributed by atoms with Gasteiger partial charge in [0, 0.05) is 5.56 Å². The minimum absolute atomic E-state index is 0.0843. The summed E-state index contributed by atoms with van der Waals surface area (Å²) < 4.78 is 6.68. The van der Waals surface area contributed by atoms with Crippen LogP contribution in [0.2, 0.25) is 0 Å². The summed E-state index contributed by atoms with van der Waals surface area (Å²) in [6, 6.07) is 0. The number of aliphatic hydroxyl groups is 1. The molecule has 0 aliphatic carbocycles. The number of fused-ring (bicyclic) bond motifs is 1. The number of hydrogen-bond acceptors (Lipinski definition) is 2. The molecule has 1 aromatic rings. The molecule has 0 aromatic heterocycles. The predicted molar refractivity (Wildman–Crippen MR) is 144 cm³/mol. The highest BCUT2D eigenvalue weighted by atomic mass is 16.5. The minimum Gasteiger partial charge on any atom is -0.508 e. The summed E-state index contributed by atoms with van der Waals surface area (Å²) in [7, 11) is 0. The molecule has 0 spiro atoms. The molecule has 2 rings (SSSR count). The van der Waals surface area contributed by atoms with E-state index < -0.39 is 0 Å². The van der Waals surface area contributed by atoms with Crippen LogP contribution in [0, 0.1) is 38.5 Å². The fraction of sp³-hybridized carbons (Fsp3) is 0.742. The van der Waals surface area contributed by atoms with E-state index in [-0.39, 0.29) is 11.4 Å². The molecule has 1 heterocycles. The first-order valence-corrected chi connectivity index (χ1v) is 13.6. The Bertz CT molecular complexity index is 791. The Morgan fingerprint density at radius 2 is 1.42 bits per heavy atom. The van der Waals surface area contributed by atoms with E-state index in [2.05, 4.69) is 62.0 Å². The van der Waals surface area contributed by atoms with Crippen LogP contribution >= 0.6 is 0 Å². The third kappa shape index (κ3) is 7.79. The molecular weight excluding hydrogens is 404 g/mol. The van der Waals surface area contributed by atoms with E-state index in [1.807, 2.05) is 0 Å². The SMILES string of the molecule is C=C(O)c1c(C)c(C)c2c(c1C)CCC(C)(CCCC(C)CCCC(C)CCCC(C)C)O2. The first-order valence-electron chi connectivity index (χ1n) is 13.6. The van der Waals surface area contributed by atoms with Crippen molar-refractivity contribution in [2.24, 2.45) is 17.8 Å². The molecule has 1 aliphatic heterocycles. The van der Waals surface area contributed by atoms with Crippen molar-refractivity contribution in [3.05, 3.63) is 34.4 Å². The molecule has 0 amide bonds. The minimum atomic E-state index is -0.0843. The Hall–Kier alpha value is -1.44. The largest absolute Gasteiger partial charge is 0.508 e. The molecule has 188 valence electrons. The number of benzene rings is 1. The molecule has 33 heavy (non-hydrogen) atoms. The van der Waals surface area contributed by atoms with E-state index in [0.717, 1.165) is 65.0 Å². The van der Waals surface area contributed by atoms with Gasteiger partial charge in [-0.05, 0) is 93.4 Å². The monoisotopic (exact) mass is 456 g/mol. The van der Waals surface area contributed by atoms with Crippen LogP contribution in [0.25, 0.3) is 5.76 Å². The molecular formula is C31H52O2. The lowest BCUT2D eigenvalue weighted by Gasteiger charge is -2.38. The van der Waals surface area contributed by atoms with Gasteiger partial charge in [-0.2, -0.15) is 0 Å². The topological polar surface area (TPSA) is 29.5 Å². The smallest absolute Gasteiger partial charge is 0.126 e. The summed E-state index contributed by atoms with van der Waals surface area (Å²) >= 11 is 0. The second-order valence-corrected chi connectivity index (χ2v) is 11.9. The molecule has 2 nitrogen and oxygen atoms in total. The highest BCUT2D eigenvalue weighted by molar-refractivity contribution is 5.69. The molecule has 2 heteroatoms. The van der Waals surface area contributed by atoms with Crippen molar-refractivity contribution in [3.8, 4) is 5.75 Å². The van der Waals surface area contributed by atoms with Crippen molar-refractivity contribution >= 4 is 5.76 Å². The highest BCUT2D eigenvalue weighted by Gasteiger charge is 2.34. The normalized spacial score (nSPS) is 19.8. The van der Waals surface area contributed by atoms with Gasteiger partial charge in [0.2, 0.25) is 0 Å². The second kappa shape index (κ2) is 12.3. The van der Waals surface area contributed by atoms with Crippen LogP contribution in [-0.4, -0.2) is 10.7 Å². The summed E-state index contributed by atoms with van der Waals surface area (Å²) in [4.78, 5) is 0. The molecule has 1 aliphatic rings. The van der Waals surface area contributed by atoms with Crippen LogP contribution in [0.1, 0.15) is 127 Å². The van der Waals surface area contributed by atoms with Crippen LogP contribution in [-0.2, 0) is 6.42 Å². The zero-order valence-corrected chi connectivity index (χ0v) is 23.1. The zero-order valence-electron chi connectivity index (χ0n) is 23.1. The molecule has 0 fully saturated rings. The number of aliphatic hydroxyl groups excluding tert-OH is 1. The molecule has 0 radical (unpaired) electrons. The predicted octanol–water partition coefficient (Wildman–Crippen LogP) is 9.66. The van der Waals surface area contributed by atoms with Gasteiger partial charge in [0.05, 0.1) is 0 Å². The Labute approximate surface area is 205 Å². The number of hydrogen-bond donors (Lipinski definition) is 1. The molecule has 0 saturated carbocycles. The molecule has 0 bridgehead atoms. The quantitative estimate of drug-likeness (QED) is 0.299. The lowest BCUT2D eigenvalue weighted by molar-refractivity contribution is 0.0513. The maximum absolute atomic E-state index is 10.1. The van der Waals surface area contributed by atoms with Gasteiger partial charge in [-0.3, -0.25) is 0 Å². The molecule has 1 aromatic carbocycles. The van der Waals surface area contributed by atoms with Gasteiger partial charge in [-0.15, -0.1) is 0 Å². The van der Waals surface area contributed by atoms with Gasteiger partial charge in [-0.1, -0.05) is 79.2 Å². The van der Waals surface area contributed by atoms with Gasteiger partial charge in [0.25, 0.3) is 0 Å². The standard InChI is InChI=1S/C31H52O2/c1-21(2)13-10-14-22(3)15-11-16-23(4)17-12-19-31(9)20-18-28-26(7)29(27(8)32)24(5)25(6)30(28)33-31/h21-23,32H,8,10-20H2,1-7,9H3. The molecule has 1 N–H and O–H groups in total. The number of ether oxygens (including phenoxy) is 1. The van der Waals surface area contributed by atoms with Crippen LogP contribution in [0.4, 0.5) is 0 Å². The Balaban J connectivity index is 1.81. The third-order valence-corrected chi connectivity index (χ3v) is 8.20. The van der Waals surface area contributed by atoms with Gasteiger partial charge in [-0.25, -0.2) is 0 Å². The molecule has 3 unspecified atom stereocenters. The maximum atomic E-state index is 10.1. The van der Waals surface area contributed by atoms with Crippen molar-refractivity contribution in [1.29, 1.82) is 0 Å². The van der Waals surface area contributed by atoms with Crippen LogP contribution in [0.5, 0.6) is 5.75 Å². The van der Waals surface area contributed by atoms with Crippen molar-refractivity contribution in [2.75, 3.05) is 0 Å².